The highest BCUT2D eigenvalue weighted by atomic mass is 32.1. The van der Waals surface area contributed by atoms with Crippen molar-refractivity contribution in [3.8, 4) is 0 Å². The first-order chi connectivity index (χ1) is 9.27. The van der Waals surface area contributed by atoms with Gasteiger partial charge in [0.25, 0.3) is 0 Å². The molecule has 1 aromatic heterocycles. The second-order valence-electron chi connectivity index (χ2n) is 6.46. The van der Waals surface area contributed by atoms with E-state index >= 15 is 0 Å². The number of hydrogen-bond donors (Lipinski definition) is 1. The number of aryl methyl sites for hydroxylation is 2. The van der Waals surface area contributed by atoms with E-state index in [1.54, 1.807) is 11.3 Å². The van der Waals surface area contributed by atoms with Gasteiger partial charge >= 0.3 is 0 Å². The summed E-state index contributed by atoms with van der Waals surface area (Å²) in [4.78, 5) is 4.66. The van der Waals surface area contributed by atoms with Crippen molar-refractivity contribution in [1.29, 1.82) is 0 Å². The molecule has 0 spiro atoms. The number of benzene rings is 1. The Morgan fingerprint density at radius 2 is 1.95 bits per heavy atom. The quantitative estimate of drug-likeness (QED) is 0.912. The third-order valence-corrected chi connectivity index (χ3v) is 4.35. The predicted octanol–water partition coefficient (Wildman–Crippen LogP) is 4.33. The molecule has 0 aliphatic heterocycles. The van der Waals surface area contributed by atoms with Gasteiger partial charge in [0.1, 0.15) is 0 Å². The second-order valence-corrected chi connectivity index (χ2v) is 7.40. The van der Waals surface area contributed by atoms with Crippen molar-refractivity contribution in [3.63, 3.8) is 0 Å². The lowest BCUT2D eigenvalue weighted by atomic mass is 9.93. The summed E-state index contributed by atoms with van der Waals surface area (Å²) in [6, 6.07) is 6.21. The lowest BCUT2D eigenvalue weighted by Crippen LogP contribution is -2.12. The van der Waals surface area contributed by atoms with Crippen molar-refractivity contribution in [2.24, 2.45) is 0 Å². The fourth-order valence-corrected chi connectivity index (χ4v) is 3.20. The van der Waals surface area contributed by atoms with Crippen LogP contribution < -0.4 is 0 Å². The average Bonchev–Trinajstić information content (AvgIpc) is 2.80. The van der Waals surface area contributed by atoms with Crippen LogP contribution in [0.15, 0.2) is 23.6 Å². The molecule has 1 heterocycles. The number of aliphatic hydroxyl groups is 1. The Morgan fingerprint density at radius 1 is 1.25 bits per heavy atom. The van der Waals surface area contributed by atoms with Crippen LogP contribution in [0.2, 0.25) is 0 Å². The summed E-state index contributed by atoms with van der Waals surface area (Å²) in [7, 11) is 0. The Hall–Kier alpha value is -1.19. The van der Waals surface area contributed by atoms with Crippen LogP contribution in [0.4, 0.5) is 0 Å². The molecular weight excluding hydrogens is 266 g/mol. The molecule has 0 saturated heterocycles. The molecule has 0 aliphatic rings. The highest BCUT2D eigenvalue weighted by Gasteiger charge is 2.19. The molecule has 1 atom stereocenters. The highest BCUT2D eigenvalue weighted by molar-refractivity contribution is 7.09. The van der Waals surface area contributed by atoms with Crippen LogP contribution in [-0.4, -0.2) is 10.1 Å². The van der Waals surface area contributed by atoms with Crippen LogP contribution in [0.3, 0.4) is 0 Å². The molecule has 1 N–H and O–H groups in total. The van der Waals surface area contributed by atoms with E-state index in [0.717, 1.165) is 21.8 Å². The van der Waals surface area contributed by atoms with Crippen LogP contribution in [0.5, 0.6) is 0 Å². The van der Waals surface area contributed by atoms with Gasteiger partial charge in [-0.3, -0.25) is 0 Å². The van der Waals surface area contributed by atoms with Crippen LogP contribution in [-0.2, 0) is 11.8 Å². The first kappa shape index (κ1) is 15.2. The van der Waals surface area contributed by atoms with Crippen LogP contribution in [0.1, 0.15) is 54.3 Å². The average molecular weight is 289 g/mol. The van der Waals surface area contributed by atoms with Gasteiger partial charge in [0.2, 0.25) is 0 Å². The second kappa shape index (κ2) is 5.66. The van der Waals surface area contributed by atoms with Crippen molar-refractivity contribution in [2.75, 3.05) is 0 Å². The van der Waals surface area contributed by atoms with E-state index in [1.807, 2.05) is 6.92 Å². The number of hydrogen-bond acceptors (Lipinski definition) is 3. The number of aliphatic hydroxyl groups excluding tert-OH is 1. The molecule has 1 aromatic carbocycles. The maximum Gasteiger partial charge on any atom is 0.0957 e. The molecule has 108 valence electrons. The van der Waals surface area contributed by atoms with E-state index < -0.39 is 6.10 Å². The van der Waals surface area contributed by atoms with Crippen molar-refractivity contribution in [1.82, 2.24) is 4.98 Å². The molecule has 0 radical (unpaired) electrons. The third kappa shape index (κ3) is 3.47. The van der Waals surface area contributed by atoms with Crippen LogP contribution in [0, 0.1) is 13.8 Å². The molecule has 0 aliphatic carbocycles. The van der Waals surface area contributed by atoms with Crippen molar-refractivity contribution in [3.05, 3.63) is 51.0 Å². The summed E-state index contributed by atoms with van der Waals surface area (Å²) >= 11 is 1.64. The zero-order chi connectivity index (χ0) is 14.9. The number of aromatic nitrogens is 1. The fourth-order valence-electron chi connectivity index (χ4n) is 2.14. The molecular formula is C17H23NOS. The molecule has 0 bridgehead atoms. The summed E-state index contributed by atoms with van der Waals surface area (Å²) in [6.45, 7) is 10.6. The van der Waals surface area contributed by atoms with E-state index in [0.29, 0.717) is 6.42 Å². The van der Waals surface area contributed by atoms with Gasteiger partial charge in [-0.05, 0) is 25.0 Å². The van der Waals surface area contributed by atoms with Gasteiger partial charge in [0, 0.05) is 17.2 Å². The zero-order valence-electron chi connectivity index (χ0n) is 12.9. The maximum absolute atomic E-state index is 10.5. The van der Waals surface area contributed by atoms with E-state index in [1.165, 1.54) is 5.56 Å². The molecule has 1 unspecified atom stereocenters. The monoisotopic (exact) mass is 289 g/mol. The molecule has 2 rings (SSSR count). The van der Waals surface area contributed by atoms with Gasteiger partial charge in [-0.2, -0.15) is 0 Å². The van der Waals surface area contributed by atoms with E-state index in [2.05, 4.69) is 56.3 Å². The van der Waals surface area contributed by atoms with Gasteiger partial charge in [-0.25, -0.2) is 4.98 Å². The number of nitrogens with zero attached hydrogens (tertiary/aromatic N) is 1. The molecule has 0 fully saturated rings. The molecule has 2 aromatic rings. The van der Waals surface area contributed by atoms with Gasteiger partial charge in [-0.15, -0.1) is 11.3 Å². The summed E-state index contributed by atoms with van der Waals surface area (Å²) in [5.74, 6) is 0. The minimum Gasteiger partial charge on any atom is -0.388 e. The molecule has 20 heavy (non-hydrogen) atoms. The standard InChI is InChI=1S/C17H23NOS/c1-11-6-7-12(2)13(8-11)14(19)9-16-18-15(10-20-16)17(3,4)5/h6-8,10,14,19H,9H2,1-5H3. The number of rotatable bonds is 3. The zero-order valence-corrected chi connectivity index (χ0v) is 13.7. The molecule has 0 saturated carbocycles. The van der Waals surface area contributed by atoms with Gasteiger partial charge in [0.15, 0.2) is 0 Å². The van der Waals surface area contributed by atoms with Crippen LogP contribution >= 0.6 is 11.3 Å². The Morgan fingerprint density at radius 3 is 2.55 bits per heavy atom. The Balaban J connectivity index is 2.17. The lowest BCUT2D eigenvalue weighted by Gasteiger charge is -2.15. The first-order valence-corrected chi connectivity index (χ1v) is 7.85. The molecule has 0 amide bonds. The summed E-state index contributed by atoms with van der Waals surface area (Å²) in [6.07, 6.45) is 0.110. The Bertz CT molecular complexity index is 595. The SMILES string of the molecule is Cc1ccc(C)c(C(O)Cc2nc(C(C)(C)C)cs2)c1. The smallest absolute Gasteiger partial charge is 0.0957 e. The summed E-state index contributed by atoms with van der Waals surface area (Å²) in [5.41, 5.74) is 4.50. The van der Waals surface area contributed by atoms with Gasteiger partial charge < -0.3 is 5.11 Å². The van der Waals surface area contributed by atoms with Gasteiger partial charge in [-0.1, -0.05) is 44.5 Å². The lowest BCUT2D eigenvalue weighted by molar-refractivity contribution is 0.177. The summed E-state index contributed by atoms with van der Waals surface area (Å²) < 4.78 is 0. The largest absolute Gasteiger partial charge is 0.388 e. The minimum atomic E-state index is -0.478. The predicted molar refractivity (Wildman–Crippen MR) is 85.4 cm³/mol. The topological polar surface area (TPSA) is 33.1 Å². The Kier molecular flexibility index (Phi) is 4.31. The third-order valence-electron chi connectivity index (χ3n) is 3.48. The highest BCUT2D eigenvalue weighted by Crippen LogP contribution is 2.28. The maximum atomic E-state index is 10.5. The van der Waals surface area contributed by atoms with E-state index in [4.69, 9.17) is 0 Å². The minimum absolute atomic E-state index is 0.0684. The van der Waals surface area contributed by atoms with Crippen molar-refractivity contribution < 1.29 is 5.11 Å². The number of thiazole rings is 1. The Labute approximate surface area is 125 Å². The van der Waals surface area contributed by atoms with E-state index in [9.17, 15) is 5.11 Å². The van der Waals surface area contributed by atoms with E-state index in [-0.39, 0.29) is 5.41 Å². The van der Waals surface area contributed by atoms with Crippen molar-refractivity contribution in [2.45, 2.75) is 52.6 Å². The summed E-state index contributed by atoms with van der Waals surface area (Å²) in [5, 5.41) is 13.6. The van der Waals surface area contributed by atoms with Crippen molar-refractivity contribution >= 4 is 11.3 Å². The van der Waals surface area contributed by atoms with Gasteiger partial charge in [0.05, 0.1) is 16.8 Å². The normalized spacial score (nSPS) is 13.5. The van der Waals surface area contributed by atoms with Crippen LogP contribution in [0.25, 0.3) is 0 Å². The fraction of sp³-hybridized carbons (Fsp3) is 0.471. The first-order valence-electron chi connectivity index (χ1n) is 6.97. The molecule has 3 heteroatoms. The molecule has 2 nitrogen and oxygen atoms in total.